The second-order valence-electron chi connectivity index (χ2n) is 6.47. The monoisotopic (exact) mass is 570 g/mol. The number of aliphatic carboxylic acids is 1. The number of hydrogen-bond acceptors (Lipinski definition) is 10. The van der Waals surface area contributed by atoms with Crippen LogP contribution < -0.4 is 0 Å². The van der Waals surface area contributed by atoms with E-state index in [-0.39, 0.29) is 62.9 Å². The molecule has 0 aromatic carbocycles. The molecular weight excluding hydrogens is 517 g/mol. The summed E-state index contributed by atoms with van der Waals surface area (Å²) in [5.74, 6) is -1.10. The first kappa shape index (κ1) is 54.6. The van der Waals surface area contributed by atoms with Gasteiger partial charge in [0.25, 0.3) is 0 Å². The second kappa shape index (κ2) is 34.9. The van der Waals surface area contributed by atoms with Crippen molar-refractivity contribution >= 4 is 69.3 Å². The number of carboxylic acid groups (broad SMARTS) is 1. The summed E-state index contributed by atoms with van der Waals surface area (Å²) in [6.45, 7) is 7.66. The molecule has 34 heavy (non-hydrogen) atoms. The first-order valence-corrected chi connectivity index (χ1v) is 11.6. The summed E-state index contributed by atoms with van der Waals surface area (Å²) in [6, 6.07) is 0. The van der Waals surface area contributed by atoms with Gasteiger partial charge >= 0.3 is 11.9 Å². The highest BCUT2D eigenvalue weighted by Crippen LogP contribution is 2.24. The van der Waals surface area contributed by atoms with Gasteiger partial charge in [-0.3, -0.25) is 9.59 Å². The van der Waals surface area contributed by atoms with Gasteiger partial charge in [0.1, 0.15) is 9.49 Å². The van der Waals surface area contributed by atoms with Crippen LogP contribution in [0.1, 0.15) is 90.5 Å². The van der Waals surface area contributed by atoms with Gasteiger partial charge in [0.15, 0.2) is 0 Å². The molecule has 0 unspecified atom stereocenters. The molecule has 0 rings (SSSR count). The lowest BCUT2D eigenvalue weighted by Gasteiger charge is -2.19. The normalized spacial score (nSPS) is 9.03. The van der Waals surface area contributed by atoms with Crippen LogP contribution in [0.3, 0.4) is 0 Å². The number of unbranched alkanes of at least 4 members (excludes halogenated alkanes) is 2. The smallest absolute Gasteiger partial charge is 0.322 e. The maximum absolute atomic E-state index is 11.4. The van der Waals surface area contributed by atoms with Crippen LogP contribution in [0.15, 0.2) is 0 Å². The van der Waals surface area contributed by atoms with Crippen LogP contribution in [0, 0.1) is 0 Å². The molecule has 0 amide bonds. The van der Waals surface area contributed by atoms with E-state index in [2.05, 4.69) is 24.4 Å². The summed E-state index contributed by atoms with van der Waals surface area (Å²) >= 11 is 11.6. The van der Waals surface area contributed by atoms with E-state index in [0.29, 0.717) is 19.4 Å². The molecule has 11 heteroatoms. The van der Waals surface area contributed by atoms with E-state index < -0.39 is 15.5 Å². The molecule has 0 spiro atoms. The van der Waals surface area contributed by atoms with Crippen LogP contribution in [0.5, 0.6) is 0 Å². The zero-order chi connectivity index (χ0) is 23.3. The number of aliphatic hydroxyl groups is 3. The lowest BCUT2D eigenvalue weighted by Crippen LogP contribution is -2.30. The third-order valence-electron chi connectivity index (χ3n) is 3.04. The van der Waals surface area contributed by atoms with E-state index in [1.165, 1.54) is 21.2 Å². The third kappa shape index (κ3) is 36.3. The molecule has 0 aliphatic heterocycles. The molecule has 0 heterocycles. The zero-order valence-electron chi connectivity index (χ0n) is 17.5. The van der Waals surface area contributed by atoms with Crippen molar-refractivity contribution in [3.8, 4) is 0 Å². The highest BCUT2D eigenvalue weighted by atomic mass is 32.2. The van der Waals surface area contributed by atoms with Gasteiger partial charge in [0.05, 0.1) is 6.61 Å². The highest BCUT2D eigenvalue weighted by Gasteiger charge is 2.29. The van der Waals surface area contributed by atoms with Gasteiger partial charge in [0.2, 0.25) is 0 Å². The van der Waals surface area contributed by atoms with Gasteiger partial charge in [-0.2, -0.15) is 0 Å². The number of thioether (sulfide) groups is 2. The van der Waals surface area contributed by atoms with Gasteiger partial charge in [0, 0.05) is 29.2 Å². The lowest BCUT2D eigenvalue weighted by atomic mass is 10.2. The van der Waals surface area contributed by atoms with Crippen LogP contribution in [0.4, 0.5) is 0 Å². The average Bonchev–Trinajstić information content (AvgIpc) is 2.64. The van der Waals surface area contributed by atoms with Crippen LogP contribution >= 0.6 is 48.0 Å². The molecule has 0 saturated heterocycles. The number of carbonyl (C=O) groups is 2. The lowest BCUT2D eigenvalue weighted by molar-refractivity contribution is -0.145. The minimum absolute atomic E-state index is 0. The number of carboxylic acids is 1. The largest absolute Gasteiger partial charge is 0.480 e. The fraction of sp³-hybridized carbons (Fsp3) is 0.826. The minimum atomic E-state index is -0.839. The SMILES string of the molecule is C.C.C.C.C.CC(C)(SC=S)C(=O)O.CC(C)(SC=S)C(=O)OCCCCO.OCCCCO. The van der Waals surface area contributed by atoms with E-state index in [1.54, 1.807) is 27.7 Å². The first-order valence-electron chi connectivity index (χ1n) is 8.92. The molecule has 0 saturated carbocycles. The predicted octanol–water partition coefficient (Wildman–Crippen LogP) is 6.24. The van der Waals surface area contributed by atoms with E-state index in [1.807, 2.05) is 0 Å². The maximum Gasteiger partial charge on any atom is 0.322 e. The number of carbonyl (C=O) groups excluding carboxylic acids is 1. The molecular formula is C23H54O7S4. The predicted molar refractivity (Wildman–Crippen MR) is 163 cm³/mol. The third-order valence-corrected chi connectivity index (χ3v) is 5.33. The summed E-state index contributed by atoms with van der Waals surface area (Å²) in [6.07, 6.45) is 2.79. The molecule has 0 aliphatic rings. The fourth-order valence-corrected chi connectivity index (χ4v) is 3.30. The number of aliphatic hydroxyl groups excluding tert-OH is 3. The summed E-state index contributed by atoms with van der Waals surface area (Å²) < 4.78 is 6.47. The van der Waals surface area contributed by atoms with Crippen molar-refractivity contribution in [1.29, 1.82) is 0 Å². The van der Waals surface area contributed by atoms with E-state index >= 15 is 0 Å². The van der Waals surface area contributed by atoms with Crippen molar-refractivity contribution in [2.45, 2.75) is 100 Å². The summed E-state index contributed by atoms with van der Waals surface area (Å²) in [7, 11) is 0. The highest BCUT2D eigenvalue weighted by molar-refractivity contribution is 8.22. The fourth-order valence-electron chi connectivity index (χ4n) is 1.12. The topological polar surface area (TPSA) is 124 Å². The van der Waals surface area contributed by atoms with E-state index in [4.69, 9.17) is 25.2 Å². The van der Waals surface area contributed by atoms with Gasteiger partial charge in [-0.1, -0.05) is 61.6 Å². The molecule has 0 atom stereocenters. The number of thiocarbonyl (C=S) groups is 2. The Morgan fingerprint density at radius 2 is 1.06 bits per heavy atom. The minimum Gasteiger partial charge on any atom is -0.480 e. The van der Waals surface area contributed by atoms with Gasteiger partial charge in [-0.25, -0.2) is 0 Å². The molecule has 0 aliphatic carbocycles. The summed E-state index contributed by atoms with van der Waals surface area (Å²) in [4.78, 5) is 21.8. The van der Waals surface area contributed by atoms with Crippen molar-refractivity contribution in [1.82, 2.24) is 0 Å². The maximum atomic E-state index is 11.4. The zero-order valence-corrected chi connectivity index (χ0v) is 20.7. The molecule has 0 aromatic heterocycles. The van der Waals surface area contributed by atoms with E-state index in [9.17, 15) is 9.59 Å². The number of rotatable bonds is 13. The summed E-state index contributed by atoms with van der Waals surface area (Å²) in [5, 5.41) is 33.2. The Balaban J connectivity index is -0.0000000498. The Bertz CT molecular complexity index is 457. The van der Waals surface area contributed by atoms with Crippen molar-refractivity contribution in [3.63, 3.8) is 0 Å². The molecule has 0 bridgehead atoms. The number of hydrogen-bond donors (Lipinski definition) is 4. The van der Waals surface area contributed by atoms with Crippen LogP contribution in [0.25, 0.3) is 0 Å². The van der Waals surface area contributed by atoms with Gasteiger partial charge in [-0.05, 0) is 53.4 Å². The molecule has 0 radical (unpaired) electrons. The van der Waals surface area contributed by atoms with E-state index in [0.717, 1.165) is 24.6 Å². The Hall–Kier alpha value is -0.300. The Morgan fingerprint density at radius 3 is 1.32 bits per heavy atom. The van der Waals surface area contributed by atoms with Crippen LogP contribution in [-0.4, -0.2) is 77.7 Å². The van der Waals surface area contributed by atoms with Crippen LogP contribution in [0.2, 0.25) is 0 Å². The van der Waals surface area contributed by atoms with Crippen molar-refractivity contribution in [2.24, 2.45) is 0 Å². The molecule has 7 nitrogen and oxygen atoms in total. The quantitative estimate of drug-likeness (QED) is 0.114. The Morgan fingerprint density at radius 1 is 0.735 bits per heavy atom. The summed E-state index contributed by atoms with van der Waals surface area (Å²) in [5.41, 5.74) is 0. The first-order chi connectivity index (χ1) is 13.5. The van der Waals surface area contributed by atoms with Crippen LogP contribution in [-0.2, 0) is 14.3 Å². The average molecular weight is 571 g/mol. The standard InChI is InChI=1S/C9H16O3S2.C5H8O2S2.C4H10O2.5CH4/c1-9(2,14-7-13)8(11)12-6-4-3-5-10;1-5(2,4(6)7)9-3-8;5-3-1-2-4-6;;;;;/h7,10H,3-6H2,1-2H3;3H,1-2H3,(H,6,7);5-6H,1-4H2;5*1H4. The van der Waals surface area contributed by atoms with Gasteiger partial charge in [-0.15, -0.1) is 23.5 Å². The molecule has 212 valence electrons. The number of ether oxygens (including phenoxy) is 1. The van der Waals surface area contributed by atoms with Crippen molar-refractivity contribution < 1.29 is 34.8 Å². The second-order valence-corrected chi connectivity index (χ2v) is 10.5. The Labute approximate surface area is 229 Å². The Kier molecular flexibility index (Phi) is 55.9. The molecule has 0 aromatic rings. The molecule has 4 N–H and O–H groups in total. The molecule has 0 fully saturated rings. The van der Waals surface area contributed by atoms with Crippen molar-refractivity contribution in [2.75, 3.05) is 26.4 Å². The number of esters is 1. The van der Waals surface area contributed by atoms with Crippen molar-refractivity contribution in [3.05, 3.63) is 0 Å². The van der Waals surface area contributed by atoms with Gasteiger partial charge < -0.3 is 25.2 Å².